The lowest BCUT2D eigenvalue weighted by molar-refractivity contribution is 0.666. The Kier molecular flexibility index (Phi) is 5.32. The predicted octanol–water partition coefficient (Wildman–Crippen LogP) is 11.9. The summed E-state index contributed by atoms with van der Waals surface area (Å²) in [5.41, 5.74) is 10.2. The molecule has 0 saturated heterocycles. The second kappa shape index (κ2) is 9.89. The van der Waals surface area contributed by atoms with Crippen LogP contribution < -0.4 is 0 Å². The van der Waals surface area contributed by atoms with Crippen LogP contribution >= 0.6 is 0 Å². The number of aromatic nitrogens is 3. The van der Waals surface area contributed by atoms with Crippen molar-refractivity contribution in [1.82, 2.24) is 14.5 Å². The summed E-state index contributed by atoms with van der Waals surface area (Å²) in [5, 5.41) is 7.89. The predicted molar refractivity (Wildman–Crippen MR) is 199 cm³/mol. The van der Waals surface area contributed by atoms with Gasteiger partial charge in [-0.1, -0.05) is 103 Å². The zero-order valence-corrected chi connectivity index (χ0v) is 26.1. The minimum Gasteiger partial charge on any atom is -0.456 e. The van der Waals surface area contributed by atoms with Crippen molar-refractivity contribution in [3.63, 3.8) is 0 Å². The number of nitrogens with zero attached hydrogens (tertiary/aromatic N) is 3. The molecule has 0 saturated carbocycles. The molecule has 5 heteroatoms. The van der Waals surface area contributed by atoms with E-state index in [1.807, 2.05) is 48.5 Å². The molecule has 228 valence electrons. The van der Waals surface area contributed by atoms with Crippen LogP contribution in [0.25, 0.3) is 105 Å². The van der Waals surface area contributed by atoms with Crippen molar-refractivity contribution in [1.29, 1.82) is 0 Å². The van der Waals surface area contributed by atoms with E-state index in [0.717, 1.165) is 77.2 Å². The normalized spacial score (nSPS) is 12.1. The van der Waals surface area contributed by atoms with Crippen LogP contribution in [0.4, 0.5) is 0 Å². The summed E-state index contributed by atoms with van der Waals surface area (Å²) in [4.78, 5) is 10.5. The lowest BCUT2D eigenvalue weighted by Crippen LogP contribution is -2.02. The summed E-state index contributed by atoms with van der Waals surface area (Å²) in [6, 6.07) is 52.7. The quantitative estimate of drug-likeness (QED) is 0.196. The van der Waals surface area contributed by atoms with Crippen LogP contribution in [-0.4, -0.2) is 14.5 Å². The molecule has 7 aromatic carbocycles. The van der Waals surface area contributed by atoms with E-state index < -0.39 is 0 Å². The van der Waals surface area contributed by atoms with Gasteiger partial charge in [-0.15, -0.1) is 0 Å². The molecular formula is C44H25N3O2. The standard InChI is InChI=1S/C44H25N3O2/c1-2-10-27(11-3-1)41-43-42(33-14-6-9-17-38(33)49-43)46-44(45-41)47-35-15-7-4-13-32(35)40-34-24-28(19-18-26(34)21-23-36(40)47)29-20-22-31-30-12-5-8-16-37(30)48-39(31)25-29/h1-25H. The number of furan rings is 2. The summed E-state index contributed by atoms with van der Waals surface area (Å²) in [6.45, 7) is 0. The Balaban J connectivity index is 1.18. The Labute approximate surface area is 279 Å². The molecule has 4 heterocycles. The minimum atomic E-state index is 0.606. The Morgan fingerprint density at radius 1 is 0.429 bits per heavy atom. The van der Waals surface area contributed by atoms with Gasteiger partial charge in [-0.05, 0) is 70.4 Å². The first-order chi connectivity index (χ1) is 24.3. The fourth-order valence-corrected chi connectivity index (χ4v) is 7.56. The molecule has 4 aromatic heterocycles. The maximum Gasteiger partial charge on any atom is 0.236 e. The second-order valence-corrected chi connectivity index (χ2v) is 12.6. The molecule has 0 aliphatic rings. The smallest absolute Gasteiger partial charge is 0.236 e. The van der Waals surface area contributed by atoms with Gasteiger partial charge in [0.15, 0.2) is 5.58 Å². The van der Waals surface area contributed by atoms with Crippen molar-refractivity contribution in [3.8, 4) is 28.3 Å². The molecule has 11 aromatic rings. The SMILES string of the molecule is c1ccc(-c2nc(-n3c4ccccc4c4c5cc(-c6ccc7c(c6)oc6ccccc67)ccc5ccc43)nc3c2oc2ccccc23)cc1. The number of rotatable bonds is 3. The van der Waals surface area contributed by atoms with Crippen molar-refractivity contribution in [2.75, 3.05) is 0 Å². The highest BCUT2D eigenvalue weighted by atomic mass is 16.3. The van der Waals surface area contributed by atoms with Crippen LogP contribution in [0.2, 0.25) is 0 Å². The number of para-hydroxylation sites is 3. The van der Waals surface area contributed by atoms with Crippen molar-refractivity contribution >= 4 is 76.6 Å². The lowest BCUT2D eigenvalue weighted by Gasteiger charge is -2.10. The van der Waals surface area contributed by atoms with Crippen LogP contribution in [0.5, 0.6) is 0 Å². The molecule has 0 atom stereocenters. The lowest BCUT2D eigenvalue weighted by atomic mass is 9.97. The van der Waals surface area contributed by atoms with Gasteiger partial charge in [0, 0.05) is 32.5 Å². The van der Waals surface area contributed by atoms with E-state index in [9.17, 15) is 0 Å². The highest BCUT2D eigenvalue weighted by Crippen LogP contribution is 2.40. The molecule has 0 aliphatic heterocycles. The summed E-state index contributed by atoms with van der Waals surface area (Å²) in [7, 11) is 0. The van der Waals surface area contributed by atoms with Gasteiger partial charge < -0.3 is 8.83 Å². The van der Waals surface area contributed by atoms with Gasteiger partial charge in [-0.2, -0.15) is 0 Å². The Bertz CT molecular complexity index is 3110. The van der Waals surface area contributed by atoms with Crippen LogP contribution in [0, 0.1) is 0 Å². The van der Waals surface area contributed by atoms with Crippen LogP contribution in [-0.2, 0) is 0 Å². The van der Waals surface area contributed by atoms with E-state index in [1.165, 1.54) is 16.2 Å². The molecule has 49 heavy (non-hydrogen) atoms. The van der Waals surface area contributed by atoms with Gasteiger partial charge in [0.2, 0.25) is 5.95 Å². The van der Waals surface area contributed by atoms with E-state index in [-0.39, 0.29) is 0 Å². The summed E-state index contributed by atoms with van der Waals surface area (Å²) in [6.07, 6.45) is 0. The average molecular weight is 628 g/mol. The van der Waals surface area contributed by atoms with Gasteiger partial charge in [-0.25, -0.2) is 9.97 Å². The van der Waals surface area contributed by atoms with Crippen molar-refractivity contribution in [3.05, 3.63) is 152 Å². The molecule has 0 radical (unpaired) electrons. The second-order valence-electron chi connectivity index (χ2n) is 12.6. The van der Waals surface area contributed by atoms with Gasteiger partial charge in [0.1, 0.15) is 28.0 Å². The van der Waals surface area contributed by atoms with Crippen molar-refractivity contribution < 1.29 is 8.83 Å². The first-order valence-electron chi connectivity index (χ1n) is 16.4. The first-order valence-corrected chi connectivity index (χ1v) is 16.4. The van der Waals surface area contributed by atoms with E-state index in [2.05, 4.69) is 108 Å². The zero-order valence-electron chi connectivity index (χ0n) is 26.1. The van der Waals surface area contributed by atoms with Crippen molar-refractivity contribution in [2.45, 2.75) is 0 Å². The van der Waals surface area contributed by atoms with Gasteiger partial charge in [-0.3, -0.25) is 4.57 Å². The van der Waals surface area contributed by atoms with E-state index >= 15 is 0 Å². The molecular weight excluding hydrogens is 603 g/mol. The van der Waals surface area contributed by atoms with E-state index in [0.29, 0.717) is 11.5 Å². The average Bonchev–Trinajstić information content (AvgIpc) is 3.84. The van der Waals surface area contributed by atoms with E-state index in [4.69, 9.17) is 18.8 Å². The molecule has 0 N–H and O–H groups in total. The Morgan fingerprint density at radius 3 is 1.98 bits per heavy atom. The molecule has 0 unspecified atom stereocenters. The molecule has 0 bridgehead atoms. The topological polar surface area (TPSA) is 57.0 Å². The van der Waals surface area contributed by atoms with Crippen molar-refractivity contribution in [2.24, 2.45) is 0 Å². The maximum atomic E-state index is 6.40. The molecule has 0 fully saturated rings. The Morgan fingerprint density at radius 2 is 1.10 bits per heavy atom. The molecule has 0 spiro atoms. The zero-order chi connectivity index (χ0) is 32.1. The van der Waals surface area contributed by atoms with Gasteiger partial charge >= 0.3 is 0 Å². The fraction of sp³-hybridized carbons (Fsp3) is 0. The number of benzene rings is 7. The third-order valence-electron chi connectivity index (χ3n) is 9.82. The number of hydrogen-bond donors (Lipinski definition) is 0. The maximum absolute atomic E-state index is 6.40. The highest BCUT2D eigenvalue weighted by Gasteiger charge is 2.22. The number of fused-ring (bicyclic) bond motifs is 11. The third kappa shape index (κ3) is 3.81. The molecule has 0 aliphatic carbocycles. The van der Waals surface area contributed by atoms with Crippen LogP contribution in [0.1, 0.15) is 0 Å². The minimum absolute atomic E-state index is 0.606. The monoisotopic (exact) mass is 627 g/mol. The molecule has 0 amide bonds. The fourth-order valence-electron chi connectivity index (χ4n) is 7.56. The van der Waals surface area contributed by atoms with E-state index in [1.54, 1.807) is 0 Å². The first kappa shape index (κ1) is 26.4. The highest BCUT2D eigenvalue weighted by molar-refractivity contribution is 6.22. The third-order valence-corrected chi connectivity index (χ3v) is 9.82. The summed E-state index contributed by atoms with van der Waals surface area (Å²) < 4.78 is 14.9. The Hall–Kier alpha value is -6.72. The largest absolute Gasteiger partial charge is 0.456 e. The van der Waals surface area contributed by atoms with Crippen LogP contribution in [0.15, 0.2) is 160 Å². The number of hydrogen-bond acceptors (Lipinski definition) is 4. The molecule has 5 nitrogen and oxygen atoms in total. The summed E-state index contributed by atoms with van der Waals surface area (Å²) in [5.74, 6) is 0.606. The van der Waals surface area contributed by atoms with Gasteiger partial charge in [0.25, 0.3) is 0 Å². The van der Waals surface area contributed by atoms with Gasteiger partial charge in [0.05, 0.1) is 11.0 Å². The molecule has 11 rings (SSSR count). The van der Waals surface area contributed by atoms with Crippen LogP contribution in [0.3, 0.4) is 0 Å². The summed E-state index contributed by atoms with van der Waals surface area (Å²) >= 11 is 0.